The molecular formula is C18H16FN3O3. The average Bonchev–Trinajstić information content (AvgIpc) is 3.04. The largest absolute Gasteiger partial charge is 0.497 e. The summed E-state index contributed by atoms with van der Waals surface area (Å²) in [6, 6.07) is 12.9. The fraction of sp³-hybridized carbons (Fsp3) is 0.111. The van der Waals surface area contributed by atoms with Gasteiger partial charge in [-0.15, -0.1) is 0 Å². The highest BCUT2D eigenvalue weighted by Crippen LogP contribution is 2.23. The van der Waals surface area contributed by atoms with Crippen LogP contribution in [0.4, 0.5) is 15.9 Å². The number of anilines is 2. The zero-order valence-corrected chi connectivity index (χ0v) is 13.4. The summed E-state index contributed by atoms with van der Waals surface area (Å²) in [5, 5.41) is 16.5. The van der Waals surface area contributed by atoms with E-state index in [4.69, 9.17) is 4.74 Å². The van der Waals surface area contributed by atoms with Gasteiger partial charge < -0.3 is 15.2 Å². The first kappa shape index (κ1) is 16.5. The minimum atomic E-state index is -1.21. The number of aromatic nitrogens is 2. The molecule has 3 rings (SSSR count). The Morgan fingerprint density at radius 2 is 2.00 bits per heavy atom. The molecule has 128 valence electrons. The van der Waals surface area contributed by atoms with Crippen LogP contribution in [0.25, 0.3) is 0 Å². The van der Waals surface area contributed by atoms with Crippen LogP contribution >= 0.6 is 0 Å². The maximum atomic E-state index is 13.3. The standard InChI is InChI=1S/C18H16FN3O3/c1-25-14-5-2-12(3-6-14)11-22-17(8-9-20-22)21-16-7-4-13(19)10-15(16)18(23)24/h2-10,21H,11H2,1H3,(H,23,24). The molecule has 0 amide bonds. The summed E-state index contributed by atoms with van der Waals surface area (Å²) in [5.74, 6) is -0.442. The van der Waals surface area contributed by atoms with Gasteiger partial charge in [0, 0.05) is 6.07 Å². The molecule has 0 atom stereocenters. The Bertz CT molecular complexity index is 891. The normalized spacial score (nSPS) is 10.5. The summed E-state index contributed by atoms with van der Waals surface area (Å²) in [6.45, 7) is 0.489. The number of carboxylic acids is 1. The van der Waals surface area contributed by atoms with Crippen LogP contribution in [0.3, 0.4) is 0 Å². The van der Waals surface area contributed by atoms with E-state index in [0.29, 0.717) is 18.1 Å². The molecular weight excluding hydrogens is 325 g/mol. The Labute approximate surface area is 143 Å². The van der Waals surface area contributed by atoms with Crippen molar-refractivity contribution in [2.75, 3.05) is 12.4 Å². The van der Waals surface area contributed by atoms with Crippen molar-refractivity contribution in [3.05, 3.63) is 71.7 Å². The predicted octanol–water partition coefficient (Wildman–Crippen LogP) is 3.52. The number of carboxylic acid groups (broad SMARTS) is 1. The Kier molecular flexibility index (Phi) is 4.65. The molecule has 0 aliphatic carbocycles. The molecule has 0 aliphatic heterocycles. The molecule has 0 unspecified atom stereocenters. The van der Waals surface area contributed by atoms with Crippen molar-refractivity contribution in [1.82, 2.24) is 9.78 Å². The van der Waals surface area contributed by atoms with E-state index < -0.39 is 11.8 Å². The van der Waals surface area contributed by atoms with Crippen LogP contribution in [0.2, 0.25) is 0 Å². The van der Waals surface area contributed by atoms with E-state index in [2.05, 4.69) is 10.4 Å². The maximum Gasteiger partial charge on any atom is 0.337 e. The Morgan fingerprint density at radius 3 is 2.68 bits per heavy atom. The van der Waals surface area contributed by atoms with Crippen LogP contribution in [0.15, 0.2) is 54.7 Å². The monoisotopic (exact) mass is 341 g/mol. The topological polar surface area (TPSA) is 76.4 Å². The smallest absolute Gasteiger partial charge is 0.337 e. The van der Waals surface area contributed by atoms with Crippen molar-refractivity contribution < 1.29 is 19.0 Å². The summed E-state index contributed by atoms with van der Waals surface area (Å²) in [4.78, 5) is 11.3. The fourth-order valence-electron chi connectivity index (χ4n) is 2.41. The second-order valence-electron chi connectivity index (χ2n) is 5.34. The van der Waals surface area contributed by atoms with Gasteiger partial charge in [0.25, 0.3) is 0 Å². The number of aromatic carboxylic acids is 1. The molecule has 0 bridgehead atoms. The van der Waals surface area contributed by atoms with Gasteiger partial charge in [-0.1, -0.05) is 12.1 Å². The van der Waals surface area contributed by atoms with Crippen LogP contribution in [-0.4, -0.2) is 28.0 Å². The highest BCUT2D eigenvalue weighted by atomic mass is 19.1. The SMILES string of the molecule is COc1ccc(Cn2nccc2Nc2ccc(F)cc2C(=O)O)cc1. The molecule has 0 fully saturated rings. The van der Waals surface area contributed by atoms with Crippen molar-refractivity contribution in [3.63, 3.8) is 0 Å². The molecule has 6 nitrogen and oxygen atoms in total. The second kappa shape index (κ2) is 7.04. The summed E-state index contributed by atoms with van der Waals surface area (Å²) in [7, 11) is 1.60. The van der Waals surface area contributed by atoms with Crippen molar-refractivity contribution in [2.24, 2.45) is 0 Å². The number of nitrogens with zero attached hydrogens (tertiary/aromatic N) is 2. The fourth-order valence-corrected chi connectivity index (χ4v) is 2.41. The lowest BCUT2D eigenvalue weighted by atomic mass is 10.1. The first-order valence-electron chi connectivity index (χ1n) is 7.51. The molecule has 1 heterocycles. The molecule has 0 radical (unpaired) electrons. The second-order valence-corrected chi connectivity index (χ2v) is 5.34. The first-order valence-corrected chi connectivity index (χ1v) is 7.51. The number of nitrogens with one attached hydrogen (secondary N) is 1. The third kappa shape index (κ3) is 3.77. The van der Waals surface area contributed by atoms with Crippen LogP contribution in [0, 0.1) is 5.82 Å². The van der Waals surface area contributed by atoms with Gasteiger partial charge in [0.1, 0.15) is 17.4 Å². The number of ether oxygens (including phenoxy) is 1. The highest BCUT2D eigenvalue weighted by molar-refractivity contribution is 5.95. The van der Waals surface area contributed by atoms with Crippen molar-refractivity contribution in [3.8, 4) is 5.75 Å². The lowest BCUT2D eigenvalue weighted by Crippen LogP contribution is -2.09. The Morgan fingerprint density at radius 1 is 1.24 bits per heavy atom. The number of halogens is 1. The molecule has 7 heteroatoms. The number of hydrogen-bond donors (Lipinski definition) is 2. The minimum Gasteiger partial charge on any atom is -0.497 e. The number of rotatable bonds is 6. The predicted molar refractivity (Wildman–Crippen MR) is 91.0 cm³/mol. The van der Waals surface area contributed by atoms with E-state index in [1.807, 2.05) is 24.3 Å². The summed E-state index contributed by atoms with van der Waals surface area (Å²) >= 11 is 0. The molecule has 25 heavy (non-hydrogen) atoms. The zero-order chi connectivity index (χ0) is 17.8. The third-order valence-electron chi connectivity index (χ3n) is 3.68. The zero-order valence-electron chi connectivity index (χ0n) is 13.4. The summed E-state index contributed by atoms with van der Waals surface area (Å²) in [5.41, 5.74) is 1.16. The molecule has 1 aromatic heterocycles. The van der Waals surface area contributed by atoms with E-state index in [0.717, 1.165) is 17.4 Å². The molecule has 3 aromatic rings. The van der Waals surface area contributed by atoms with Crippen LogP contribution in [0.1, 0.15) is 15.9 Å². The van der Waals surface area contributed by atoms with Crippen LogP contribution < -0.4 is 10.1 Å². The van der Waals surface area contributed by atoms with Gasteiger partial charge in [-0.25, -0.2) is 13.9 Å². The molecule has 2 N–H and O–H groups in total. The summed E-state index contributed by atoms with van der Waals surface area (Å²) in [6.07, 6.45) is 1.61. The van der Waals surface area contributed by atoms with Crippen molar-refractivity contribution in [1.29, 1.82) is 0 Å². The third-order valence-corrected chi connectivity index (χ3v) is 3.68. The van der Waals surface area contributed by atoms with Crippen molar-refractivity contribution >= 4 is 17.5 Å². The Balaban J connectivity index is 1.83. The van der Waals surface area contributed by atoms with E-state index in [9.17, 15) is 14.3 Å². The number of benzene rings is 2. The van der Waals surface area contributed by atoms with E-state index >= 15 is 0 Å². The van der Waals surface area contributed by atoms with Gasteiger partial charge in [0.05, 0.1) is 31.1 Å². The van der Waals surface area contributed by atoms with Gasteiger partial charge in [0.2, 0.25) is 0 Å². The quantitative estimate of drug-likeness (QED) is 0.717. The van der Waals surface area contributed by atoms with Crippen LogP contribution in [0.5, 0.6) is 5.75 Å². The highest BCUT2D eigenvalue weighted by Gasteiger charge is 2.13. The number of methoxy groups -OCH3 is 1. The van der Waals surface area contributed by atoms with Gasteiger partial charge >= 0.3 is 5.97 Å². The maximum absolute atomic E-state index is 13.3. The lowest BCUT2D eigenvalue weighted by Gasteiger charge is -2.12. The van der Waals surface area contributed by atoms with E-state index in [1.165, 1.54) is 12.1 Å². The summed E-state index contributed by atoms with van der Waals surface area (Å²) < 4.78 is 20.1. The number of hydrogen-bond acceptors (Lipinski definition) is 4. The van der Waals surface area contributed by atoms with Crippen molar-refractivity contribution in [2.45, 2.75) is 6.54 Å². The molecule has 0 spiro atoms. The van der Waals surface area contributed by atoms with Crippen LogP contribution in [-0.2, 0) is 6.54 Å². The van der Waals surface area contributed by atoms with Gasteiger partial charge in [-0.2, -0.15) is 5.10 Å². The lowest BCUT2D eigenvalue weighted by molar-refractivity contribution is 0.0697. The van der Waals surface area contributed by atoms with E-state index in [-0.39, 0.29) is 5.56 Å². The molecule has 0 saturated heterocycles. The number of carbonyl (C=O) groups is 1. The molecule has 2 aromatic carbocycles. The Hall–Kier alpha value is -3.35. The first-order chi connectivity index (χ1) is 12.1. The average molecular weight is 341 g/mol. The van der Waals surface area contributed by atoms with Gasteiger partial charge in [-0.05, 0) is 35.9 Å². The van der Waals surface area contributed by atoms with Gasteiger partial charge in [0.15, 0.2) is 0 Å². The molecule has 0 aliphatic rings. The molecule has 0 saturated carbocycles. The van der Waals surface area contributed by atoms with Gasteiger partial charge in [-0.3, -0.25) is 0 Å². The minimum absolute atomic E-state index is 0.141. The van der Waals surface area contributed by atoms with E-state index in [1.54, 1.807) is 24.1 Å².